The number of carbonyl (C=O) groups excluding carboxylic acids is 2. The van der Waals surface area contributed by atoms with Crippen molar-refractivity contribution in [1.29, 1.82) is 0 Å². The first kappa shape index (κ1) is 18.5. The van der Waals surface area contributed by atoms with Gasteiger partial charge in [-0.15, -0.1) is 22.7 Å². The lowest BCUT2D eigenvalue weighted by Gasteiger charge is -2.23. The number of thiophene rings is 2. The van der Waals surface area contributed by atoms with E-state index in [1.54, 1.807) is 24.3 Å². The number of benzene rings is 1. The number of aliphatic hydroxyl groups excluding tert-OH is 1. The third-order valence-corrected chi connectivity index (χ3v) is 6.41. The number of carbonyl (C=O) groups is 2. The molecule has 1 aromatic carbocycles. The first-order valence-corrected chi connectivity index (χ1v) is 10.4. The van der Waals surface area contributed by atoms with Gasteiger partial charge in [-0.2, -0.15) is 0 Å². The predicted molar refractivity (Wildman–Crippen MR) is 109 cm³/mol. The van der Waals surface area contributed by atoms with Gasteiger partial charge in [-0.05, 0) is 35.0 Å². The Morgan fingerprint density at radius 1 is 1.07 bits per heavy atom. The number of hydrogen-bond acceptors (Lipinski definition) is 6. The number of Topliss-reactive ketones (excluding diaryl/α,β-unsaturated/α-hetero) is 1. The van der Waals surface area contributed by atoms with E-state index in [9.17, 15) is 14.7 Å². The molecule has 2 aromatic heterocycles. The summed E-state index contributed by atoms with van der Waals surface area (Å²) in [5.41, 5.74) is 0.481. The van der Waals surface area contributed by atoms with Crippen LogP contribution in [0.2, 0.25) is 0 Å². The van der Waals surface area contributed by atoms with Crippen LogP contribution >= 0.6 is 22.7 Å². The molecule has 7 heteroatoms. The maximum absolute atomic E-state index is 12.9. The minimum atomic E-state index is -0.682. The normalized spacial score (nSPS) is 18.6. The van der Waals surface area contributed by atoms with Crippen LogP contribution in [0.3, 0.4) is 0 Å². The summed E-state index contributed by atoms with van der Waals surface area (Å²) in [5, 5.41) is 14.9. The van der Waals surface area contributed by atoms with Crippen LogP contribution in [0.25, 0.3) is 5.76 Å². The first-order chi connectivity index (χ1) is 13.6. The summed E-state index contributed by atoms with van der Waals surface area (Å²) in [6.45, 7) is 0.313. The highest BCUT2D eigenvalue weighted by molar-refractivity contribution is 7.10. The van der Waals surface area contributed by atoms with Crippen LogP contribution in [0.15, 0.2) is 64.9 Å². The van der Waals surface area contributed by atoms with E-state index in [-0.39, 0.29) is 11.3 Å². The molecule has 5 nitrogen and oxygen atoms in total. The largest absolute Gasteiger partial charge is 0.507 e. The van der Waals surface area contributed by atoms with Crippen LogP contribution in [0.4, 0.5) is 0 Å². The predicted octanol–water partition coefficient (Wildman–Crippen LogP) is 4.44. The summed E-state index contributed by atoms with van der Waals surface area (Å²) in [5.74, 6) is -1.07. The topological polar surface area (TPSA) is 66.8 Å². The van der Waals surface area contributed by atoms with Crippen LogP contribution < -0.4 is 4.74 Å². The Morgan fingerprint density at radius 3 is 2.50 bits per heavy atom. The average Bonchev–Trinajstić information content (AvgIpc) is 3.46. The minimum Gasteiger partial charge on any atom is -0.507 e. The summed E-state index contributed by atoms with van der Waals surface area (Å²) in [7, 11) is 1.50. The van der Waals surface area contributed by atoms with Crippen molar-refractivity contribution in [3.63, 3.8) is 0 Å². The second kappa shape index (κ2) is 7.61. The van der Waals surface area contributed by atoms with Crippen LogP contribution in [0.5, 0.6) is 5.75 Å². The quantitative estimate of drug-likeness (QED) is 0.383. The van der Waals surface area contributed by atoms with Crippen molar-refractivity contribution in [2.75, 3.05) is 7.11 Å². The Labute approximate surface area is 170 Å². The Bertz CT molecular complexity index is 1040. The van der Waals surface area contributed by atoms with E-state index in [2.05, 4.69) is 0 Å². The Morgan fingerprint density at radius 2 is 1.82 bits per heavy atom. The maximum Gasteiger partial charge on any atom is 0.296 e. The lowest BCUT2D eigenvalue weighted by atomic mass is 9.99. The molecule has 1 atom stereocenters. The zero-order valence-electron chi connectivity index (χ0n) is 15.0. The van der Waals surface area contributed by atoms with Crippen LogP contribution in [0, 0.1) is 0 Å². The summed E-state index contributed by atoms with van der Waals surface area (Å²) >= 11 is 2.97. The van der Waals surface area contributed by atoms with Crippen molar-refractivity contribution < 1.29 is 19.4 Å². The first-order valence-electron chi connectivity index (χ1n) is 8.59. The van der Waals surface area contributed by atoms with Gasteiger partial charge in [0.2, 0.25) is 0 Å². The van der Waals surface area contributed by atoms with Crippen LogP contribution in [-0.2, 0) is 16.1 Å². The number of amides is 1. The molecule has 0 spiro atoms. The molecule has 1 unspecified atom stereocenters. The molecule has 3 aromatic rings. The fourth-order valence-corrected chi connectivity index (χ4v) is 4.89. The zero-order valence-corrected chi connectivity index (χ0v) is 16.6. The van der Waals surface area contributed by atoms with E-state index in [1.807, 2.05) is 35.0 Å². The second-order valence-corrected chi connectivity index (χ2v) is 8.23. The van der Waals surface area contributed by atoms with Gasteiger partial charge in [0.25, 0.3) is 11.7 Å². The highest BCUT2D eigenvalue weighted by atomic mass is 32.1. The highest BCUT2D eigenvalue weighted by Gasteiger charge is 2.46. The van der Waals surface area contributed by atoms with Crippen molar-refractivity contribution in [1.82, 2.24) is 4.90 Å². The van der Waals surface area contributed by atoms with Gasteiger partial charge in [-0.25, -0.2) is 0 Å². The fourth-order valence-electron chi connectivity index (χ4n) is 3.34. The SMILES string of the molecule is COc1ccccc1/C(O)=C1/C(=O)C(=O)N(Cc2cccs2)C1c1cccs1. The molecule has 3 heterocycles. The second-order valence-electron chi connectivity index (χ2n) is 6.22. The molecule has 0 radical (unpaired) electrons. The Hall–Kier alpha value is -2.90. The highest BCUT2D eigenvalue weighted by Crippen LogP contribution is 2.43. The third-order valence-electron chi connectivity index (χ3n) is 4.62. The molecule has 1 fully saturated rings. The molecular weight excluding hydrogens is 394 g/mol. The number of ketones is 1. The number of hydrogen-bond donors (Lipinski definition) is 1. The van der Waals surface area contributed by atoms with Gasteiger partial charge in [-0.1, -0.05) is 24.3 Å². The number of aliphatic hydroxyl groups is 1. The van der Waals surface area contributed by atoms with Gasteiger partial charge in [0.1, 0.15) is 17.6 Å². The van der Waals surface area contributed by atoms with Crippen molar-refractivity contribution in [2.24, 2.45) is 0 Å². The van der Waals surface area contributed by atoms with Gasteiger partial charge >= 0.3 is 0 Å². The molecule has 0 saturated carbocycles. The number of methoxy groups -OCH3 is 1. The molecule has 4 rings (SSSR count). The molecule has 1 aliphatic heterocycles. The van der Waals surface area contributed by atoms with E-state index in [1.165, 1.54) is 34.7 Å². The van der Waals surface area contributed by atoms with Gasteiger partial charge in [0.05, 0.1) is 24.8 Å². The smallest absolute Gasteiger partial charge is 0.296 e. The summed E-state index contributed by atoms with van der Waals surface area (Å²) in [6, 6.07) is 13.9. The van der Waals surface area contributed by atoms with Gasteiger partial charge in [0.15, 0.2) is 0 Å². The number of nitrogens with zero attached hydrogens (tertiary/aromatic N) is 1. The standard InChI is InChI=1S/C21H17NO4S2/c1-26-15-8-3-2-7-14(15)19(23)17-18(16-9-5-11-28-16)22(21(25)20(17)24)12-13-6-4-10-27-13/h2-11,18,23H,12H2,1H3/b19-17-. The molecule has 28 heavy (non-hydrogen) atoms. The van der Waals surface area contributed by atoms with Crippen molar-refractivity contribution in [3.05, 3.63) is 80.2 Å². The molecule has 1 saturated heterocycles. The Balaban J connectivity index is 1.87. The lowest BCUT2D eigenvalue weighted by Crippen LogP contribution is -2.28. The molecule has 142 valence electrons. The molecule has 0 bridgehead atoms. The minimum absolute atomic E-state index is 0.0912. The van der Waals surface area contributed by atoms with E-state index < -0.39 is 17.7 Å². The summed E-state index contributed by atoms with van der Waals surface area (Å²) in [4.78, 5) is 29.1. The van der Waals surface area contributed by atoms with Crippen LogP contribution in [0.1, 0.15) is 21.4 Å². The van der Waals surface area contributed by atoms with E-state index >= 15 is 0 Å². The van der Waals surface area contributed by atoms with Crippen molar-refractivity contribution in [2.45, 2.75) is 12.6 Å². The number of likely N-dealkylation sites (tertiary alicyclic amines) is 1. The summed E-state index contributed by atoms with van der Waals surface area (Å²) in [6.07, 6.45) is 0. The molecule has 0 aliphatic carbocycles. The van der Waals surface area contributed by atoms with Gasteiger partial charge in [0, 0.05) is 9.75 Å². The van der Waals surface area contributed by atoms with Crippen molar-refractivity contribution >= 4 is 40.1 Å². The van der Waals surface area contributed by atoms with E-state index in [0.29, 0.717) is 17.9 Å². The number of rotatable bonds is 5. The maximum atomic E-state index is 12.9. The van der Waals surface area contributed by atoms with Crippen LogP contribution in [-0.4, -0.2) is 28.8 Å². The average molecular weight is 412 g/mol. The van der Waals surface area contributed by atoms with E-state index in [4.69, 9.17) is 4.74 Å². The molecule has 1 amide bonds. The van der Waals surface area contributed by atoms with E-state index in [0.717, 1.165) is 9.75 Å². The monoisotopic (exact) mass is 411 g/mol. The number of para-hydroxylation sites is 1. The molecular formula is C21H17NO4S2. The zero-order chi connectivity index (χ0) is 19.7. The molecule has 1 N–H and O–H groups in total. The van der Waals surface area contributed by atoms with Gasteiger partial charge in [-0.3, -0.25) is 9.59 Å². The number of ether oxygens (including phenoxy) is 1. The third kappa shape index (κ3) is 3.12. The lowest BCUT2D eigenvalue weighted by molar-refractivity contribution is -0.140. The Kier molecular flexibility index (Phi) is 5.02. The fraction of sp³-hybridized carbons (Fsp3) is 0.143. The molecule has 1 aliphatic rings. The van der Waals surface area contributed by atoms with Gasteiger partial charge < -0.3 is 14.7 Å². The van der Waals surface area contributed by atoms with Crippen molar-refractivity contribution in [3.8, 4) is 5.75 Å². The summed E-state index contributed by atoms with van der Waals surface area (Å²) < 4.78 is 5.33.